The summed E-state index contributed by atoms with van der Waals surface area (Å²) in [5.74, 6) is -4.44. The lowest BCUT2D eigenvalue weighted by Crippen LogP contribution is -2.09. The Hall–Kier alpha value is -3.68. The number of aromatic carboxylic acids is 2. The van der Waals surface area contributed by atoms with Crippen LogP contribution in [0, 0.1) is 0 Å². The second-order valence-corrected chi connectivity index (χ2v) is 5.19. The molecule has 0 saturated carbocycles. The van der Waals surface area contributed by atoms with E-state index in [2.05, 4.69) is 0 Å². The lowest BCUT2D eigenvalue weighted by Gasteiger charge is -2.14. The lowest BCUT2D eigenvalue weighted by atomic mass is 9.99. The molecule has 26 heavy (non-hydrogen) atoms. The lowest BCUT2D eigenvalue weighted by molar-refractivity contribution is -0.132. The minimum Gasteiger partial charge on any atom is -0.478 e. The number of ether oxygens (including phenoxy) is 2. The summed E-state index contributed by atoms with van der Waals surface area (Å²) in [4.78, 5) is 45.3. The van der Waals surface area contributed by atoms with Crippen LogP contribution in [0.25, 0.3) is 11.1 Å². The van der Waals surface area contributed by atoms with Gasteiger partial charge in [0.1, 0.15) is 16.9 Å². The molecule has 2 rings (SSSR count). The fraction of sp³-hybridized carbons (Fsp3) is 0.111. The SMILES string of the molecule is CC(=O)Oc1cc(-c2cccc(C(=O)O)c2OC(C)=O)ccc1C(=O)O. The highest BCUT2D eigenvalue weighted by Crippen LogP contribution is 2.36. The Bertz CT molecular complexity index is 913. The molecule has 0 atom stereocenters. The highest BCUT2D eigenvalue weighted by molar-refractivity contribution is 5.97. The van der Waals surface area contributed by atoms with Gasteiger partial charge in [0.05, 0.1) is 0 Å². The topological polar surface area (TPSA) is 127 Å². The second kappa shape index (κ2) is 7.47. The van der Waals surface area contributed by atoms with Gasteiger partial charge in [0.25, 0.3) is 0 Å². The van der Waals surface area contributed by atoms with Crippen molar-refractivity contribution in [1.29, 1.82) is 0 Å². The molecule has 2 aromatic rings. The third-order valence-electron chi connectivity index (χ3n) is 3.27. The fourth-order valence-corrected chi connectivity index (χ4v) is 2.29. The summed E-state index contributed by atoms with van der Waals surface area (Å²) in [7, 11) is 0. The van der Waals surface area contributed by atoms with Gasteiger partial charge in [-0.05, 0) is 23.8 Å². The van der Waals surface area contributed by atoms with Gasteiger partial charge in [-0.1, -0.05) is 18.2 Å². The number of benzene rings is 2. The van der Waals surface area contributed by atoms with Crippen LogP contribution in [0.3, 0.4) is 0 Å². The summed E-state index contributed by atoms with van der Waals surface area (Å²) in [6.07, 6.45) is 0. The van der Waals surface area contributed by atoms with Gasteiger partial charge in [0.2, 0.25) is 0 Å². The monoisotopic (exact) mass is 358 g/mol. The molecular weight excluding hydrogens is 344 g/mol. The van der Waals surface area contributed by atoms with E-state index in [1.807, 2.05) is 0 Å². The van der Waals surface area contributed by atoms with Crippen molar-refractivity contribution in [3.63, 3.8) is 0 Å². The summed E-state index contributed by atoms with van der Waals surface area (Å²) >= 11 is 0. The maximum Gasteiger partial charge on any atom is 0.339 e. The molecule has 0 fully saturated rings. The van der Waals surface area contributed by atoms with Crippen molar-refractivity contribution in [2.24, 2.45) is 0 Å². The van der Waals surface area contributed by atoms with Gasteiger partial charge >= 0.3 is 23.9 Å². The first-order valence-corrected chi connectivity index (χ1v) is 7.31. The zero-order valence-corrected chi connectivity index (χ0v) is 13.8. The van der Waals surface area contributed by atoms with Gasteiger partial charge in [-0.3, -0.25) is 9.59 Å². The maximum atomic E-state index is 11.4. The number of esters is 2. The molecule has 0 spiro atoms. The average Bonchev–Trinajstić information content (AvgIpc) is 2.53. The molecule has 0 aliphatic heterocycles. The number of hydrogen-bond acceptors (Lipinski definition) is 6. The van der Waals surface area contributed by atoms with Crippen molar-refractivity contribution in [1.82, 2.24) is 0 Å². The van der Waals surface area contributed by atoms with E-state index in [-0.39, 0.29) is 28.2 Å². The third-order valence-corrected chi connectivity index (χ3v) is 3.27. The molecule has 0 bridgehead atoms. The number of carbonyl (C=O) groups is 4. The van der Waals surface area contributed by atoms with Crippen LogP contribution >= 0.6 is 0 Å². The normalized spacial score (nSPS) is 10.1. The van der Waals surface area contributed by atoms with E-state index in [1.54, 1.807) is 0 Å². The van der Waals surface area contributed by atoms with Crippen molar-refractivity contribution in [2.75, 3.05) is 0 Å². The van der Waals surface area contributed by atoms with Crippen LogP contribution in [-0.4, -0.2) is 34.1 Å². The van der Waals surface area contributed by atoms with Crippen LogP contribution in [0.5, 0.6) is 11.5 Å². The summed E-state index contributed by atoms with van der Waals surface area (Å²) in [5, 5.41) is 18.5. The summed E-state index contributed by atoms with van der Waals surface area (Å²) in [5.41, 5.74) is 0.0532. The van der Waals surface area contributed by atoms with Crippen LogP contribution in [0.2, 0.25) is 0 Å². The van der Waals surface area contributed by atoms with E-state index in [0.29, 0.717) is 5.56 Å². The number of rotatable bonds is 5. The Morgan fingerprint density at radius 3 is 1.96 bits per heavy atom. The molecule has 2 N–H and O–H groups in total. The molecule has 8 heteroatoms. The minimum atomic E-state index is -1.30. The molecule has 0 saturated heterocycles. The molecular formula is C18H14O8. The van der Waals surface area contributed by atoms with Gasteiger partial charge in [0.15, 0.2) is 5.75 Å². The molecule has 0 aromatic heterocycles. The van der Waals surface area contributed by atoms with Gasteiger partial charge in [-0.2, -0.15) is 0 Å². The Kier molecular flexibility index (Phi) is 5.36. The minimum absolute atomic E-state index is 0.190. The number of carbonyl (C=O) groups excluding carboxylic acids is 2. The second-order valence-electron chi connectivity index (χ2n) is 5.19. The largest absolute Gasteiger partial charge is 0.478 e. The summed E-state index contributed by atoms with van der Waals surface area (Å²) < 4.78 is 9.97. The molecule has 0 aliphatic rings. The zero-order valence-electron chi connectivity index (χ0n) is 13.8. The fourth-order valence-electron chi connectivity index (χ4n) is 2.29. The molecule has 0 unspecified atom stereocenters. The summed E-state index contributed by atoms with van der Waals surface area (Å²) in [6, 6.07) is 8.08. The third kappa shape index (κ3) is 4.04. The van der Waals surface area contributed by atoms with E-state index in [0.717, 1.165) is 13.8 Å². The van der Waals surface area contributed by atoms with Crippen molar-refractivity contribution in [3.05, 3.63) is 47.5 Å². The number of hydrogen-bond donors (Lipinski definition) is 2. The van der Waals surface area contributed by atoms with Crippen LogP contribution in [-0.2, 0) is 9.59 Å². The molecule has 8 nitrogen and oxygen atoms in total. The molecule has 0 heterocycles. The van der Waals surface area contributed by atoms with Crippen LogP contribution < -0.4 is 9.47 Å². The Balaban J connectivity index is 2.69. The molecule has 2 aromatic carbocycles. The predicted molar refractivity (Wildman–Crippen MR) is 88.4 cm³/mol. The molecule has 134 valence electrons. The average molecular weight is 358 g/mol. The number of carboxylic acid groups (broad SMARTS) is 2. The Morgan fingerprint density at radius 2 is 1.42 bits per heavy atom. The van der Waals surface area contributed by atoms with E-state index in [1.165, 1.54) is 36.4 Å². The Morgan fingerprint density at radius 1 is 0.808 bits per heavy atom. The van der Waals surface area contributed by atoms with Gasteiger partial charge < -0.3 is 19.7 Å². The van der Waals surface area contributed by atoms with Crippen LogP contribution in [0.15, 0.2) is 36.4 Å². The smallest absolute Gasteiger partial charge is 0.339 e. The quantitative estimate of drug-likeness (QED) is 0.617. The van der Waals surface area contributed by atoms with Gasteiger partial charge in [-0.25, -0.2) is 9.59 Å². The molecule has 0 aliphatic carbocycles. The molecule has 0 radical (unpaired) electrons. The number of para-hydroxylation sites is 1. The van der Waals surface area contributed by atoms with Gasteiger partial charge in [0, 0.05) is 19.4 Å². The Labute approximate surface area is 147 Å². The maximum absolute atomic E-state index is 11.4. The van der Waals surface area contributed by atoms with Crippen molar-refractivity contribution >= 4 is 23.9 Å². The number of carboxylic acids is 2. The van der Waals surface area contributed by atoms with Crippen molar-refractivity contribution < 1.29 is 38.9 Å². The first-order valence-electron chi connectivity index (χ1n) is 7.31. The van der Waals surface area contributed by atoms with E-state index < -0.39 is 23.9 Å². The van der Waals surface area contributed by atoms with Crippen molar-refractivity contribution in [2.45, 2.75) is 13.8 Å². The first-order chi connectivity index (χ1) is 12.2. The molecule has 0 amide bonds. The van der Waals surface area contributed by atoms with E-state index >= 15 is 0 Å². The highest BCUT2D eigenvalue weighted by atomic mass is 16.5. The van der Waals surface area contributed by atoms with Gasteiger partial charge in [-0.15, -0.1) is 0 Å². The standard InChI is InChI=1S/C18H14O8/c1-9(19)25-15-8-11(6-7-13(15)17(21)22)12-4-3-5-14(18(23)24)16(12)26-10(2)20/h3-8H,1-2H3,(H,21,22)(H,23,24). The zero-order chi connectivity index (χ0) is 19.4. The van der Waals surface area contributed by atoms with E-state index in [9.17, 15) is 29.4 Å². The highest BCUT2D eigenvalue weighted by Gasteiger charge is 2.21. The predicted octanol–water partition coefficient (Wildman–Crippen LogP) is 2.60. The first kappa shape index (κ1) is 18.7. The van der Waals surface area contributed by atoms with Crippen LogP contribution in [0.4, 0.5) is 0 Å². The summed E-state index contributed by atoms with van der Waals surface area (Å²) in [6.45, 7) is 2.24. The van der Waals surface area contributed by atoms with Crippen LogP contribution in [0.1, 0.15) is 34.6 Å². The van der Waals surface area contributed by atoms with E-state index in [4.69, 9.17) is 9.47 Å². The van der Waals surface area contributed by atoms with Crippen molar-refractivity contribution in [3.8, 4) is 22.6 Å².